The van der Waals surface area contributed by atoms with Gasteiger partial charge in [-0.1, -0.05) is 59.2 Å². The lowest BCUT2D eigenvalue weighted by Gasteiger charge is -2.13. The maximum absolute atomic E-state index is 12.1. The van der Waals surface area contributed by atoms with Crippen molar-refractivity contribution in [1.29, 1.82) is 0 Å². The van der Waals surface area contributed by atoms with Gasteiger partial charge in [-0.15, -0.1) is 10.2 Å². The number of amides is 2. The third-order valence-electron chi connectivity index (χ3n) is 4.57. The molecule has 174 valence electrons. The SMILES string of the molecule is CCOC(=O)CNC(=O)NCc1nnc(SCc2ccccc2C)n1-c1cc(Cl)ccc1Cl. The summed E-state index contributed by atoms with van der Waals surface area (Å²) in [6.07, 6.45) is 0. The van der Waals surface area contributed by atoms with E-state index in [2.05, 4.69) is 39.9 Å². The van der Waals surface area contributed by atoms with Gasteiger partial charge >= 0.3 is 12.0 Å². The maximum atomic E-state index is 12.1. The van der Waals surface area contributed by atoms with E-state index in [4.69, 9.17) is 27.9 Å². The van der Waals surface area contributed by atoms with E-state index in [1.807, 2.05) is 12.1 Å². The lowest BCUT2D eigenvalue weighted by Crippen LogP contribution is -2.39. The first-order valence-electron chi connectivity index (χ1n) is 10.1. The van der Waals surface area contributed by atoms with Crippen LogP contribution in [0.1, 0.15) is 23.9 Å². The Morgan fingerprint density at radius 2 is 1.91 bits per heavy atom. The highest BCUT2D eigenvalue weighted by atomic mass is 35.5. The van der Waals surface area contributed by atoms with Crippen LogP contribution in [0.4, 0.5) is 4.79 Å². The van der Waals surface area contributed by atoms with Crippen molar-refractivity contribution < 1.29 is 14.3 Å². The van der Waals surface area contributed by atoms with Crippen molar-refractivity contribution in [3.63, 3.8) is 0 Å². The quantitative estimate of drug-likeness (QED) is 0.326. The van der Waals surface area contributed by atoms with Crippen LogP contribution in [-0.4, -0.2) is 39.9 Å². The number of nitrogens with zero attached hydrogens (tertiary/aromatic N) is 3. The molecule has 3 aromatic rings. The van der Waals surface area contributed by atoms with Crippen LogP contribution in [0.3, 0.4) is 0 Å². The molecule has 2 amide bonds. The van der Waals surface area contributed by atoms with Crippen LogP contribution in [0.15, 0.2) is 47.6 Å². The largest absolute Gasteiger partial charge is 0.465 e. The number of thioether (sulfide) groups is 1. The molecule has 0 aliphatic rings. The van der Waals surface area contributed by atoms with Crippen molar-refractivity contribution >= 4 is 47.0 Å². The Balaban J connectivity index is 1.80. The second kappa shape index (κ2) is 11.9. The van der Waals surface area contributed by atoms with Gasteiger partial charge in [0.25, 0.3) is 0 Å². The van der Waals surface area contributed by atoms with Crippen molar-refractivity contribution in [1.82, 2.24) is 25.4 Å². The summed E-state index contributed by atoms with van der Waals surface area (Å²) in [6, 6.07) is 12.7. The molecule has 1 heterocycles. The summed E-state index contributed by atoms with van der Waals surface area (Å²) in [5, 5.41) is 15.2. The Kier molecular flexibility index (Phi) is 8.99. The topological polar surface area (TPSA) is 98.1 Å². The minimum absolute atomic E-state index is 0.0510. The molecule has 8 nitrogen and oxygen atoms in total. The number of carbonyl (C=O) groups excluding carboxylic acids is 2. The van der Waals surface area contributed by atoms with Crippen LogP contribution in [0.5, 0.6) is 0 Å². The zero-order chi connectivity index (χ0) is 23.8. The van der Waals surface area contributed by atoms with Gasteiger partial charge in [0.05, 0.1) is 23.9 Å². The maximum Gasteiger partial charge on any atom is 0.325 e. The van der Waals surface area contributed by atoms with Crippen molar-refractivity contribution in [2.75, 3.05) is 13.2 Å². The van der Waals surface area contributed by atoms with E-state index in [0.717, 1.165) is 0 Å². The summed E-state index contributed by atoms with van der Waals surface area (Å²) in [7, 11) is 0. The van der Waals surface area contributed by atoms with Crippen molar-refractivity contribution in [2.24, 2.45) is 0 Å². The number of hydrogen-bond acceptors (Lipinski definition) is 6. The van der Waals surface area contributed by atoms with E-state index < -0.39 is 12.0 Å². The molecule has 0 fully saturated rings. The van der Waals surface area contributed by atoms with Gasteiger partial charge in [-0.2, -0.15) is 0 Å². The minimum Gasteiger partial charge on any atom is -0.465 e. The third kappa shape index (κ3) is 6.86. The molecule has 0 aliphatic carbocycles. The standard InChI is InChI=1S/C22H23Cl2N5O3S/c1-3-32-20(30)12-26-21(31)25-11-19-27-28-22(33-13-15-7-5-4-6-14(15)2)29(19)18-10-16(23)8-9-17(18)24/h4-10H,3,11-13H2,1-2H3,(H2,25,26,31). The molecular formula is C22H23Cl2N5O3S. The Hall–Kier alpha value is -2.75. The van der Waals surface area contributed by atoms with Gasteiger partial charge < -0.3 is 15.4 Å². The van der Waals surface area contributed by atoms with Gasteiger partial charge in [0.1, 0.15) is 6.54 Å². The number of hydrogen-bond donors (Lipinski definition) is 2. The predicted octanol–water partition coefficient (Wildman–Crippen LogP) is 4.54. The average Bonchev–Trinajstić information content (AvgIpc) is 3.20. The number of nitrogens with one attached hydrogen (secondary N) is 2. The Morgan fingerprint density at radius 1 is 1.12 bits per heavy atom. The number of urea groups is 1. The van der Waals surface area contributed by atoms with E-state index in [1.165, 1.54) is 22.9 Å². The summed E-state index contributed by atoms with van der Waals surface area (Å²) < 4.78 is 6.56. The minimum atomic E-state index is -0.538. The number of benzene rings is 2. The van der Waals surface area contributed by atoms with Crippen molar-refractivity contribution in [3.05, 3.63) is 69.5 Å². The normalized spacial score (nSPS) is 10.7. The highest BCUT2D eigenvalue weighted by Crippen LogP contribution is 2.31. The number of halogens is 2. The highest BCUT2D eigenvalue weighted by Gasteiger charge is 2.18. The van der Waals surface area contributed by atoms with Gasteiger partial charge in [0, 0.05) is 10.8 Å². The van der Waals surface area contributed by atoms with Crippen LogP contribution < -0.4 is 10.6 Å². The smallest absolute Gasteiger partial charge is 0.325 e. The summed E-state index contributed by atoms with van der Waals surface area (Å²) in [4.78, 5) is 23.5. The Morgan fingerprint density at radius 3 is 2.67 bits per heavy atom. The van der Waals surface area contributed by atoms with E-state index in [0.29, 0.717) is 32.5 Å². The molecular weight excluding hydrogens is 485 g/mol. The first-order valence-corrected chi connectivity index (χ1v) is 11.9. The van der Waals surface area contributed by atoms with Gasteiger partial charge in [-0.05, 0) is 43.2 Å². The lowest BCUT2D eigenvalue weighted by atomic mass is 10.1. The van der Waals surface area contributed by atoms with E-state index >= 15 is 0 Å². The molecule has 33 heavy (non-hydrogen) atoms. The van der Waals surface area contributed by atoms with Gasteiger partial charge in [0.2, 0.25) is 0 Å². The molecule has 0 saturated heterocycles. The molecule has 0 bridgehead atoms. The summed E-state index contributed by atoms with van der Waals surface area (Å²) >= 11 is 14.2. The summed E-state index contributed by atoms with van der Waals surface area (Å²) in [6.45, 7) is 3.81. The first kappa shape index (κ1) is 24.9. The van der Waals surface area contributed by atoms with Crippen LogP contribution in [0, 0.1) is 6.92 Å². The van der Waals surface area contributed by atoms with Crippen LogP contribution in [-0.2, 0) is 21.8 Å². The number of aromatic nitrogens is 3. The summed E-state index contributed by atoms with van der Waals surface area (Å²) in [5.74, 6) is 0.616. The molecule has 0 atom stereocenters. The molecule has 0 radical (unpaired) electrons. The molecule has 0 aliphatic heterocycles. The number of esters is 1. The number of carbonyl (C=O) groups is 2. The molecule has 2 N–H and O–H groups in total. The molecule has 1 aromatic heterocycles. The summed E-state index contributed by atoms with van der Waals surface area (Å²) in [5.41, 5.74) is 2.95. The van der Waals surface area contributed by atoms with E-state index in [-0.39, 0.29) is 19.7 Å². The Bertz CT molecular complexity index is 1140. The fourth-order valence-electron chi connectivity index (χ4n) is 2.91. The monoisotopic (exact) mass is 507 g/mol. The first-order chi connectivity index (χ1) is 15.9. The molecule has 11 heteroatoms. The van der Waals surface area contributed by atoms with Crippen molar-refractivity contribution in [3.8, 4) is 5.69 Å². The van der Waals surface area contributed by atoms with Crippen molar-refractivity contribution in [2.45, 2.75) is 31.3 Å². The molecule has 3 rings (SSSR count). The second-order valence-electron chi connectivity index (χ2n) is 6.89. The Labute approximate surface area is 206 Å². The second-order valence-corrected chi connectivity index (χ2v) is 8.67. The third-order valence-corrected chi connectivity index (χ3v) is 6.11. The van der Waals surface area contributed by atoms with Crippen LogP contribution in [0.25, 0.3) is 5.69 Å². The van der Waals surface area contributed by atoms with E-state index in [9.17, 15) is 9.59 Å². The number of ether oxygens (including phenoxy) is 1. The average molecular weight is 508 g/mol. The van der Waals surface area contributed by atoms with Crippen LogP contribution >= 0.6 is 35.0 Å². The molecule has 0 unspecified atom stereocenters. The van der Waals surface area contributed by atoms with Gasteiger partial charge in [-0.3, -0.25) is 9.36 Å². The fourth-order valence-corrected chi connectivity index (χ4v) is 4.32. The van der Waals surface area contributed by atoms with E-state index in [1.54, 1.807) is 29.7 Å². The predicted molar refractivity (Wildman–Crippen MR) is 129 cm³/mol. The zero-order valence-corrected chi connectivity index (χ0v) is 20.4. The van der Waals surface area contributed by atoms with Gasteiger partial charge in [-0.25, -0.2) is 4.79 Å². The lowest BCUT2D eigenvalue weighted by molar-refractivity contribution is -0.141. The molecule has 2 aromatic carbocycles. The number of aryl methyl sites for hydroxylation is 1. The van der Waals surface area contributed by atoms with Gasteiger partial charge in [0.15, 0.2) is 11.0 Å². The van der Waals surface area contributed by atoms with Crippen LogP contribution in [0.2, 0.25) is 10.0 Å². The molecule has 0 saturated carbocycles. The highest BCUT2D eigenvalue weighted by molar-refractivity contribution is 7.98. The number of rotatable bonds is 9. The molecule has 0 spiro atoms. The zero-order valence-electron chi connectivity index (χ0n) is 18.1. The fraction of sp³-hybridized carbons (Fsp3) is 0.273.